The van der Waals surface area contributed by atoms with E-state index in [0.717, 1.165) is 22.6 Å². The molecule has 3 heterocycles. The molecule has 8 heteroatoms. The summed E-state index contributed by atoms with van der Waals surface area (Å²) < 4.78 is 13.3. The molecule has 1 N–H and O–H groups in total. The Labute approximate surface area is 211 Å². The van der Waals surface area contributed by atoms with E-state index in [9.17, 15) is 9.59 Å². The number of aromatic nitrogens is 2. The summed E-state index contributed by atoms with van der Waals surface area (Å²) in [4.78, 5) is 32.2. The Kier molecular flexibility index (Phi) is 7.04. The third-order valence-corrected chi connectivity index (χ3v) is 7.16. The molecule has 1 fully saturated rings. The number of likely N-dealkylation sites (tertiary alicyclic amines) is 1. The molecule has 0 aliphatic carbocycles. The van der Waals surface area contributed by atoms with E-state index < -0.39 is 0 Å². The lowest BCUT2D eigenvalue weighted by molar-refractivity contribution is -0.126. The number of methoxy groups -OCH3 is 1. The van der Waals surface area contributed by atoms with Gasteiger partial charge in [-0.05, 0) is 43.0 Å². The first-order valence-electron chi connectivity index (χ1n) is 12.4. The summed E-state index contributed by atoms with van der Waals surface area (Å²) in [6.45, 7) is 4.59. The average Bonchev–Trinajstić information content (AvgIpc) is 3.35. The van der Waals surface area contributed by atoms with E-state index in [0.29, 0.717) is 51.3 Å². The second-order valence-corrected chi connectivity index (χ2v) is 9.53. The molecule has 2 aliphatic rings. The fourth-order valence-corrected chi connectivity index (χ4v) is 4.86. The molecule has 1 saturated heterocycles. The van der Waals surface area contributed by atoms with E-state index in [1.54, 1.807) is 13.4 Å². The highest BCUT2D eigenvalue weighted by Gasteiger charge is 2.32. The topological polar surface area (TPSA) is 85.7 Å². The van der Waals surface area contributed by atoms with E-state index in [1.165, 1.54) is 5.56 Å². The highest BCUT2D eigenvalue weighted by molar-refractivity contribution is 5.93. The number of nitrogens with one attached hydrogen (secondary N) is 1. The fraction of sp³-hybridized carbons (Fsp3) is 0.393. The minimum atomic E-state index is -0.102. The van der Waals surface area contributed by atoms with Crippen LogP contribution in [-0.2, 0) is 29.2 Å². The van der Waals surface area contributed by atoms with Crippen LogP contribution in [0.25, 0.3) is 0 Å². The van der Waals surface area contributed by atoms with E-state index in [1.807, 2.05) is 64.9 Å². The van der Waals surface area contributed by atoms with Crippen LogP contribution >= 0.6 is 0 Å². The lowest BCUT2D eigenvalue weighted by Crippen LogP contribution is -2.43. The van der Waals surface area contributed by atoms with Crippen LogP contribution in [-0.4, -0.2) is 46.5 Å². The van der Waals surface area contributed by atoms with Gasteiger partial charge in [0, 0.05) is 25.6 Å². The smallest absolute Gasteiger partial charge is 0.274 e. The predicted molar refractivity (Wildman–Crippen MR) is 134 cm³/mol. The van der Waals surface area contributed by atoms with Gasteiger partial charge < -0.3 is 24.3 Å². The SMILES string of the molecule is COc1ccc(C2Cn3cnc(C(=O)N4CCC(C(=O)NCc5ccc(C)cc5)CC4)c3CO2)cc1. The summed E-state index contributed by atoms with van der Waals surface area (Å²) in [6.07, 6.45) is 2.93. The maximum atomic E-state index is 13.2. The Hall–Kier alpha value is -3.65. The van der Waals surface area contributed by atoms with E-state index >= 15 is 0 Å². The molecule has 188 valence electrons. The van der Waals surface area contributed by atoms with Crippen molar-refractivity contribution in [1.82, 2.24) is 19.8 Å². The Morgan fingerprint density at radius 3 is 2.50 bits per heavy atom. The first-order valence-corrected chi connectivity index (χ1v) is 12.4. The first kappa shape index (κ1) is 24.1. The number of piperidine rings is 1. The number of fused-ring (bicyclic) bond motifs is 1. The first-order chi connectivity index (χ1) is 17.5. The number of amides is 2. The zero-order chi connectivity index (χ0) is 25.1. The molecule has 2 aliphatic heterocycles. The van der Waals surface area contributed by atoms with Crippen molar-refractivity contribution in [3.8, 4) is 5.75 Å². The number of rotatable bonds is 6. The summed E-state index contributed by atoms with van der Waals surface area (Å²) in [6, 6.07) is 16.0. The molecule has 1 aromatic heterocycles. The molecule has 2 amide bonds. The number of hydrogen-bond donors (Lipinski definition) is 1. The fourth-order valence-electron chi connectivity index (χ4n) is 4.86. The molecular weight excluding hydrogens is 456 g/mol. The Morgan fingerprint density at radius 2 is 1.81 bits per heavy atom. The number of aryl methyl sites for hydroxylation is 1. The Morgan fingerprint density at radius 1 is 1.08 bits per heavy atom. The molecule has 1 atom stereocenters. The number of carbonyl (C=O) groups is 2. The van der Waals surface area contributed by atoms with Gasteiger partial charge in [0.1, 0.15) is 11.9 Å². The zero-order valence-corrected chi connectivity index (χ0v) is 20.8. The minimum Gasteiger partial charge on any atom is -0.497 e. The van der Waals surface area contributed by atoms with Crippen LogP contribution in [0, 0.1) is 12.8 Å². The molecule has 3 aromatic rings. The van der Waals surface area contributed by atoms with Crippen LogP contribution in [0.1, 0.15) is 51.8 Å². The van der Waals surface area contributed by atoms with E-state index in [-0.39, 0.29) is 23.8 Å². The number of nitrogens with zero attached hydrogens (tertiary/aromatic N) is 3. The third kappa shape index (κ3) is 5.14. The Balaban J connectivity index is 1.15. The van der Waals surface area contributed by atoms with Gasteiger partial charge in [-0.1, -0.05) is 42.0 Å². The maximum Gasteiger partial charge on any atom is 0.274 e. The van der Waals surface area contributed by atoms with Gasteiger partial charge in [0.05, 0.1) is 32.3 Å². The Bertz CT molecular complexity index is 1210. The van der Waals surface area contributed by atoms with Crippen LogP contribution in [0.2, 0.25) is 0 Å². The van der Waals surface area contributed by atoms with Gasteiger partial charge in [0.2, 0.25) is 5.91 Å². The highest BCUT2D eigenvalue weighted by Crippen LogP contribution is 2.30. The molecular formula is C28H32N4O4. The number of ether oxygens (including phenoxy) is 2. The monoisotopic (exact) mass is 488 g/mol. The molecule has 5 rings (SSSR count). The van der Waals surface area contributed by atoms with Crippen molar-refractivity contribution in [2.24, 2.45) is 5.92 Å². The van der Waals surface area contributed by atoms with Crippen LogP contribution in [0.4, 0.5) is 0 Å². The summed E-state index contributed by atoms with van der Waals surface area (Å²) >= 11 is 0. The van der Waals surface area contributed by atoms with Gasteiger partial charge in [-0.3, -0.25) is 9.59 Å². The van der Waals surface area contributed by atoms with Crippen molar-refractivity contribution < 1.29 is 19.1 Å². The van der Waals surface area contributed by atoms with Gasteiger partial charge in [0.15, 0.2) is 5.69 Å². The lowest BCUT2D eigenvalue weighted by atomic mass is 9.95. The lowest BCUT2D eigenvalue weighted by Gasteiger charge is -2.31. The third-order valence-electron chi connectivity index (χ3n) is 7.16. The normalized spacial score (nSPS) is 17.9. The highest BCUT2D eigenvalue weighted by atomic mass is 16.5. The molecule has 1 unspecified atom stereocenters. The molecule has 2 aromatic carbocycles. The number of benzene rings is 2. The van der Waals surface area contributed by atoms with Crippen LogP contribution in [0.3, 0.4) is 0 Å². The van der Waals surface area contributed by atoms with Crippen LogP contribution < -0.4 is 10.1 Å². The second-order valence-electron chi connectivity index (χ2n) is 9.53. The molecule has 0 radical (unpaired) electrons. The quantitative estimate of drug-likeness (QED) is 0.573. The van der Waals surface area contributed by atoms with Gasteiger partial charge >= 0.3 is 0 Å². The van der Waals surface area contributed by atoms with Gasteiger partial charge in [0.25, 0.3) is 5.91 Å². The second kappa shape index (κ2) is 10.5. The van der Waals surface area contributed by atoms with Crippen molar-refractivity contribution >= 4 is 11.8 Å². The number of carbonyl (C=O) groups excluding carboxylic acids is 2. The van der Waals surface area contributed by atoms with Gasteiger partial charge in [-0.2, -0.15) is 0 Å². The van der Waals surface area contributed by atoms with Crippen LogP contribution in [0.15, 0.2) is 54.9 Å². The van der Waals surface area contributed by atoms with E-state index in [2.05, 4.69) is 10.3 Å². The van der Waals surface area contributed by atoms with Gasteiger partial charge in [-0.25, -0.2) is 4.98 Å². The maximum absolute atomic E-state index is 13.2. The molecule has 0 bridgehead atoms. The summed E-state index contributed by atoms with van der Waals surface area (Å²) in [5.41, 5.74) is 4.60. The van der Waals surface area contributed by atoms with Crippen molar-refractivity contribution in [2.45, 2.75) is 45.6 Å². The van der Waals surface area contributed by atoms with E-state index in [4.69, 9.17) is 9.47 Å². The molecule has 0 spiro atoms. The molecule has 36 heavy (non-hydrogen) atoms. The largest absolute Gasteiger partial charge is 0.497 e. The summed E-state index contributed by atoms with van der Waals surface area (Å²) in [7, 11) is 1.65. The van der Waals surface area contributed by atoms with Crippen molar-refractivity contribution in [3.05, 3.63) is 82.9 Å². The summed E-state index contributed by atoms with van der Waals surface area (Å²) in [5.74, 6) is 0.691. The standard InChI is InChI=1S/C28H32N4O4/c1-19-3-5-20(6-4-19)15-29-27(33)22-11-13-31(14-12-22)28(34)26-24-17-36-25(16-32(24)18-30-26)21-7-9-23(35-2)10-8-21/h3-10,18,22,25H,11-17H2,1-2H3,(H,29,33). The minimum absolute atomic E-state index is 0.0556. The van der Waals surface area contributed by atoms with Crippen molar-refractivity contribution in [2.75, 3.05) is 20.2 Å². The predicted octanol–water partition coefficient (Wildman–Crippen LogP) is 3.64. The van der Waals surface area contributed by atoms with Gasteiger partial charge in [-0.15, -0.1) is 0 Å². The van der Waals surface area contributed by atoms with Crippen molar-refractivity contribution in [3.63, 3.8) is 0 Å². The number of imidazole rings is 1. The molecule has 8 nitrogen and oxygen atoms in total. The molecule has 0 saturated carbocycles. The average molecular weight is 489 g/mol. The number of hydrogen-bond acceptors (Lipinski definition) is 5. The zero-order valence-electron chi connectivity index (χ0n) is 20.8. The summed E-state index contributed by atoms with van der Waals surface area (Å²) in [5, 5.41) is 3.04. The van der Waals surface area contributed by atoms with Crippen LogP contribution in [0.5, 0.6) is 5.75 Å². The van der Waals surface area contributed by atoms with Crippen molar-refractivity contribution in [1.29, 1.82) is 0 Å².